The molecule has 3 nitrogen and oxygen atoms in total. The number of hydrogen-bond donors (Lipinski definition) is 0. The average molecular weight is 271 g/mol. The lowest BCUT2D eigenvalue weighted by Crippen LogP contribution is -2.05. The van der Waals surface area contributed by atoms with Crippen molar-refractivity contribution in [3.8, 4) is 0 Å². The van der Waals surface area contributed by atoms with Crippen LogP contribution in [0.25, 0.3) is 11.3 Å². The van der Waals surface area contributed by atoms with Gasteiger partial charge in [-0.05, 0) is 6.07 Å². The Kier molecular flexibility index (Phi) is 3.06. The largest absolute Gasteiger partial charge is 0.796 e. The van der Waals surface area contributed by atoms with Crippen molar-refractivity contribution >= 4 is 24.6 Å². The van der Waals surface area contributed by atoms with Crippen molar-refractivity contribution in [1.29, 1.82) is 0 Å². The first kappa shape index (κ1) is 12.5. The molecule has 0 unspecified atom stereocenters. The van der Waals surface area contributed by atoms with Crippen molar-refractivity contribution in [3.63, 3.8) is 0 Å². The summed E-state index contributed by atoms with van der Waals surface area (Å²) in [5, 5.41) is 0. The first-order valence-corrected chi connectivity index (χ1v) is 5.92. The maximum Gasteiger partial charge on any atom is 0.796 e. The molecule has 0 saturated heterocycles. The van der Waals surface area contributed by atoms with Gasteiger partial charge in [-0.15, -0.1) is 0 Å². The van der Waals surface area contributed by atoms with E-state index in [1.165, 1.54) is 6.20 Å². The van der Waals surface area contributed by atoms with Crippen molar-refractivity contribution in [2.75, 3.05) is 0 Å². The van der Waals surface area contributed by atoms with Gasteiger partial charge in [-0.25, -0.2) is 8.63 Å². The summed E-state index contributed by atoms with van der Waals surface area (Å²) in [7, 11) is -2.99. The van der Waals surface area contributed by atoms with Crippen LogP contribution in [0.5, 0.6) is 0 Å². The Bertz CT molecular complexity index is 701. The Morgan fingerprint density at radius 1 is 1.05 bits per heavy atom. The Labute approximate surface area is 114 Å². The molecule has 0 fully saturated rings. The molecule has 0 aliphatic heterocycles. The van der Waals surface area contributed by atoms with E-state index < -0.39 is 7.47 Å². The molecule has 1 aromatic carbocycles. The molecule has 0 radical (unpaired) electrons. The van der Waals surface area contributed by atoms with Crippen LogP contribution < -0.4 is 0 Å². The third-order valence-electron chi connectivity index (χ3n) is 3.03. The molecule has 0 bridgehead atoms. The predicted octanol–water partition coefficient (Wildman–Crippen LogP) is 3.09. The summed E-state index contributed by atoms with van der Waals surface area (Å²) in [4.78, 5) is 16.3. The highest BCUT2D eigenvalue weighted by Crippen LogP contribution is 2.39. The number of halogens is 2. The lowest BCUT2D eigenvalue weighted by Gasteiger charge is -2.07. The molecular weight excluding hydrogens is 263 g/mol. The summed E-state index contributed by atoms with van der Waals surface area (Å²) in [5.41, 5.74) is 1.34. The standard InChI is InChI=1S/C14H8BF2NO2/c16-15(17)20-14-11-6-2-1-5-10(11)13(19)12(14)9-4-3-7-18-8-9/h1-8H. The number of carbonyl (C=O) groups is 1. The summed E-state index contributed by atoms with van der Waals surface area (Å²) in [5.74, 6) is -0.419. The van der Waals surface area contributed by atoms with Gasteiger partial charge in [0.2, 0.25) is 0 Å². The van der Waals surface area contributed by atoms with E-state index in [9.17, 15) is 13.4 Å². The SMILES string of the molecule is O=C1C(c2cccnc2)=C(OB(F)F)c2ccccc21. The van der Waals surface area contributed by atoms with Crippen LogP contribution in [0.4, 0.5) is 8.63 Å². The van der Waals surface area contributed by atoms with Crippen molar-refractivity contribution in [2.24, 2.45) is 0 Å². The van der Waals surface area contributed by atoms with Gasteiger partial charge >= 0.3 is 7.47 Å². The topological polar surface area (TPSA) is 39.2 Å². The smallest absolute Gasteiger partial charge is 0.504 e. The summed E-state index contributed by atoms with van der Waals surface area (Å²) >= 11 is 0. The van der Waals surface area contributed by atoms with E-state index in [4.69, 9.17) is 0 Å². The third kappa shape index (κ3) is 1.99. The van der Waals surface area contributed by atoms with Gasteiger partial charge in [-0.2, -0.15) is 0 Å². The number of hydrogen-bond acceptors (Lipinski definition) is 3. The Morgan fingerprint density at radius 2 is 1.80 bits per heavy atom. The summed E-state index contributed by atoms with van der Waals surface area (Å²) in [6, 6.07) is 9.82. The van der Waals surface area contributed by atoms with Crippen molar-refractivity contribution in [1.82, 2.24) is 4.98 Å². The molecule has 1 aliphatic rings. The van der Waals surface area contributed by atoms with Crippen molar-refractivity contribution < 1.29 is 18.1 Å². The van der Waals surface area contributed by atoms with Gasteiger partial charge in [-0.3, -0.25) is 9.78 Å². The Balaban J connectivity index is 2.20. The van der Waals surface area contributed by atoms with Gasteiger partial charge < -0.3 is 4.65 Å². The minimum Gasteiger partial charge on any atom is -0.504 e. The Hall–Kier alpha value is -2.50. The van der Waals surface area contributed by atoms with Gasteiger partial charge in [0.05, 0.1) is 5.57 Å². The van der Waals surface area contributed by atoms with Crippen LogP contribution in [0.2, 0.25) is 0 Å². The molecule has 0 saturated carbocycles. The molecule has 20 heavy (non-hydrogen) atoms. The maximum absolute atomic E-state index is 12.6. The van der Waals surface area contributed by atoms with E-state index in [-0.39, 0.29) is 17.1 Å². The van der Waals surface area contributed by atoms with Crippen LogP contribution in [0, 0.1) is 0 Å². The number of ketones is 1. The molecule has 1 aromatic heterocycles. The zero-order chi connectivity index (χ0) is 14.1. The van der Waals surface area contributed by atoms with Crippen LogP contribution in [0.15, 0.2) is 48.8 Å². The number of allylic oxidation sites excluding steroid dienone is 1. The lowest BCUT2D eigenvalue weighted by molar-refractivity contribution is 0.105. The number of nitrogens with zero attached hydrogens (tertiary/aromatic N) is 1. The van der Waals surface area contributed by atoms with E-state index in [1.807, 2.05) is 0 Å². The zero-order valence-electron chi connectivity index (χ0n) is 10.2. The number of Topliss-reactive ketones (excluding diaryl/α,β-unsaturated/α-hetero) is 1. The lowest BCUT2D eigenvalue weighted by atomic mass is 10.0. The highest BCUT2D eigenvalue weighted by atomic mass is 19.2. The molecule has 1 aliphatic carbocycles. The van der Waals surface area contributed by atoms with E-state index in [1.54, 1.807) is 42.6 Å². The number of rotatable bonds is 3. The maximum atomic E-state index is 12.6. The monoisotopic (exact) mass is 271 g/mol. The highest BCUT2D eigenvalue weighted by Gasteiger charge is 2.34. The van der Waals surface area contributed by atoms with Crippen molar-refractivity contribution in [3.05, 3.63) is 65.5 Å². The zero-order valence-corrected chi connectivity index (χ0v) is 10.2. The first-order chi connectivity index (χ1) is 9.68. The second kappa shape index (κ2) is 4.88. The van der Waals surface area contributed by atoms with E-state index in [0.29, 0.717) is 16.7 Å². The number of pyridine rings is 1. The highest BCUT2D eigenvalue weighted by molar-refractivity contribution is 6.43. The molecule has 2 aromatic rings. The molecule has 98 valence electrons. The fourth-order valence-corrected chi connectivity index (χ4v) is 2.24. The number of carbonyl (C=O) groups excluding carboxylic acids is 1. The van der Waals surface area contributed by atoms with E-state index >= 15 is 0 Å². The van der Waals surface area contributed by atoms with E-state index in [0.717, 1.165) is 0 Å². The molecule has 0 N–H and O–H groups in total. The third-order valence-corrected chi connectivity index (χ3v) is 3.03. The Morgan fingerprint density at radius 3 is 2.45 bits per heavy atom. The predicted molar refractivity (Wildman–Crippen MR) is 70.9 cm³/mol. The van der Waals surface area contributed by atoms with Gasteiger partial charge in [0.25, 0.3) is 0 Å². The molecule has 1 heterocycles. The molecular formula is C14H8BF2NO2. The molecule has 0 amide bonds. The second-order valence-corrected chi connectivity index (χ2v) is 4.20. The molecule has 6 heteroatoms. The number of benzene rings is 1. The number of aromatic nitrogens is 1. The van der Waals surface area contributed by atoms with E-state index in [2.05, 4.69) is 9.64 Å². The average Bonchev–Trinajstić information content (AvgIpc) is 2.73. The second-order valence-electron chi connectivity index (χ2n) is 4.20. The number of fused-ring (bicyclic) bond motifs is 1. The van der Waals surface area contributed by atoms with Gasteiger partial charge in [0, 0.05) is 29.1 Å². The van der Waals surface area contributed by atoms with Crippen LogP contribution >= 0.6 is 0 Å². The van der Waals surface area contributed by atoms with Crippen LogP contribution in [-0.4, -0.2) is 18.2 Å². The first-order valence-electron chi connectivity index (χ1n) is 5.92. The summed E-state index contributed by atoms with van der Waals surface area (Å²) < 4.78 is 29.8. The molecule has 0 atom stereocenters. The summed E-state index contributed by atoms with van der Waals surface area (Å²) in [6.45, 7) is 0. The minimum absolute atomic E-state index is 0.0893. The fraction of sp³-hybridized carbons (Fsp3) is 0. The van der Waals surface area contributed by atoms with Gasteiger partial charge in [0.1, 0.15) is 5.76 Å². The van der Waals surface area contributed by atoms with Gasteiger partial charge in [-0.1, -0.05) is 30.3 Å². The molecule has 3 rings (SSSR count). The normalized spacial score (nSPS) is 13.4. The summed E-state index contributed by atoms with van der Waals surface area (Å²) in [6.07, 6.45) is 3.00. The van der Waals surface area contributed by atoms with Crippen LogP contribution in [0.1, 0.15) is 21.5 Å². The minimum atomic E-state index is -2.99. The van der Waals surface area contributed by atoms with Crippen LogP contribution in [-0.2, 0) is 4.65 Å². The quantitative estimate of drug-likeness (QED) is 0.805. The van der Waals surface area contributed by atoms with Crippen LogP contribution in [0.3, 0.4) is 0 Å². The van der Waals surface area contributed by atoms with Crippen molar-refractivity contribution in [2.45, 2.75) is 0 Å². The molecule has 0 spiro atoms. The van der Waals surface area contributed by atoms with Gasteiger partial charge in [0.15, 0.2) is 5.78 Å². The fourth-order valence-electron chi connectivity index (χ4n) is 2.24.